The third-order valence-electron chi connectivity index (χ3n) is 4.23. The monoisotopic (exact) mass is 425 g/mol. The van der Waals surface area contributed by atoms with Crippen LogP contribution in [0.25, 0.3) is 0 Å². The van der Waals surface area contributed by atoms with Crippen molar-refractivity contribution < 1.29 is 35.9 Å². The summed E-state index contributed by atoms with van der Waals surface area (Å²) in [5.74, 6) is -5.89. The van der Waals surface area contributed by atoms with Crippen LogP contribution in [0.15, 0.2) is 35.2 Å². The van der Waals surface area contributed by atoms with Crippen molar-refractivity contribution in [3.05, 3.63) is 52.8 Å². The Morgan fingerprint density at radius 1 is 1.28 bits per heavy atom. The van der Waals surface area contributed by atoms with E-state index < -0.39 is 56.3 Å². The van der Waals surface area contributed by atoms with Gasteiger partial charge in [-0.25, -0.2) is 21.6 Å². The van der Waals surface area contributed by atoms with Crippen LogP contribution in [-0.4, -0.2) is 20.6 Å². The second-order valence-corrected chi connectivity index (χ2v) is 8.50. The summed E-state index contributed by atoms with van der Waals surface area (Å²) in [6.45, 7) is 1.02. The highest BCUT2D eigenvalue weighted by molar-refractivity contribution is 7.90. The second-order valence-electron chi connectivity index (χ2n) is 6.52. The van der Waals surface area contributed by atoms with E-state index in [1.807, 2.05) is 0 Å². The van der Waals surface area contributed by atoms with Crippen molar-refractivity contribution >= 4 is 15.8 Å². The number of carbonyl (C=O) groups excluding carboxylic acids is 1. The van der Waals surface area contributed by atoms with Gasteiger partial charge in [0.15, 0.2) is 9.84 Å². The van der Waals surface area contributed by atoms with Gasteiger partial charge >= 0.3 is 5.97 Å². The maximum Gasteiger partial charge on any atom is 0.303 e. The number of ether oxygens (including phenoxy) is 2. The minimum Gasteiger partial charge on any atom is -0.457 e. The molecule has 0 fully saturated rings. The maximum atomic E-state index is 14.8. The van der Waals surface area contributed by atoms with Gasteiger partial charge in [-0.3, -0.25) is 4.79 Å². The number of benzene rings is 2. The Bertz CT molecular complexity index is 1160. The number of hydrogen-bond acceptors (Lipinski definition) is 6. The summed E-state index contributed by atoms with van der Waals surface area (Å²) in [5.41, 5.74) is -1.22. The number of nitrogens with zero attached hydrogens (tertiary/aromatic N) is 1. The van der Waals surface area contributed by atoms with Gasteiger partial charge in [0.25, 0.3) is 5.92 Å². The fraction of sp³-hybridized carbons (Fsp3) is 0.263. The van der Waals surface area contributed by atoms with E-state index in [0.717, 1.165) is 43.5 Å². The highest BCUT2D eigenvalue weighted by Gasteiger charge is 2.51. The van der Waals surface area contributed by atoms with Crippen molar-refractivity contribution in [2.45, 2.75) is 30.3 Å². The number of halogens is 3. The molecule has 0 unspecified atom stereocenters. The fourth-order valence-electron chi connectivity index (χ4n) is 3.24. The normalized spacial score (nSPS) is 17.3. The van der Waals surface area contributed by atoms with Crippen LogP contribution in [0, 0.1) is 17.1 Å². The maximum absolute atomic E-state index is 14.8. The van der Waals surface area contributed by atoms with E-state index >= 15 is 0 Å². The van der Waals surface area contributed by atoms with Gasteiger partial charge in [-0.2, -0.15) is 5.26 Å². The molecule has 6 nitrogen and oxygen atoms in total. The van der Waals surface area contributed by atoms with Crippen LogP contribution in [-0.2, 0) is 25.3 Å². The molecule has 1 aliphatic carbocycles. The fourth-order valence-corrected chi connectivity index (χ4v) is 4.18. The summed E-state index contributed by atoms with van der Waals surface area (Å²) in [7, 11) is -3.94. The largest absolute Gasteiger partial charge is 0.457 e. The number of carbonyl (C=O) groups is 1. The summed E-state index contributed by atoms with van der Waals surface area (Å²) in [4.78, 5) is 10.9. The lowest BCUT2D eigenvalue weighted by molar-refractivity contribution is -0.149. The van der Waals surface area contributed by atoms with Crippen LogP contribution < -0.4 is 4.74 Å². The average molecular weight is 425 g/mol. The van der Waals surface area contributed by atoms with Gasteiger partial charge in [0.2, 0.25) is 0 Å². The van der Waals surface area contributed by atoms with Crippen LogP contribution in [0.4, 0.5) is 13.2 Å². The molecule has 0 aliphatic heterocycles. The van der Waals surface area contributed by atoms with Gasteiger partial charge in [0.1, 0.15) is 23.4 Å². The van der Waals surface area contributed by atoms with Gasteiger partial charge in [-0.05, 0) is 24.3 Å². The predicted molar refractivity (Wildman–Crippen MR) is 93.8 cm³/mol. The lowest BCUT2D eigenvalue weighted by Gasteiger charge is -2.17. The van der Waals surface area contributed by atoms with Gasteiger partial charge < -0.3 is 9.47 Å². The van der Waals surface area contributed by atoms with E-state index in [2.05, 4.69) is 0 Å². The molecule has 2 aromatic carbocycles. The van der Waals surface area contributed by atoms with E-state index in [1.54, 1.807) is 6.07 Å². The Kier molecular flexibility index (Phi) is 5.04. The smallest absolute Gasteiger partial charge is 0.303 e. The van der Waals surface area contributed by atoms with Crippen molar-refractivity contribution in [1.29, 1.82) is 5.26 Å². The molecule has 0 heterocycles. The number of esters is 1. The Balaban J connectivity index is 2.21. The Hall–Kier alpha value is -3.06. The Morgan fingerprint density at radius 2 is 1.97 bits per heavy atom. The number of nitriles is 1. The van der Waals surface area contributed by atoms with Crippen molar-refractivity contribution in [3.8, 4) is 17.6 Å². The molecule has 0 saturated heterocycles. The zero-order chi connectivity index (χ0) is 21.6. The van der Waals surface area contributed by atoms with Gasteiger partial charge in [-0.15, -0.1) is 0 Å². The molecule has 0 saturated carbocycles. The SMILES string of the molecule is CC(=O)O[C@@H]1CC(F)(F)c2c(Oc3cc(F)cc(C#N)c3)ccc(S(C)(=O)=O)c21. The molecule has 0 aromatic heterocycles. The molecule has 0 amide bonds. The molecular weight excluding hydrogens is 411 g/mol. The molecule has 0 bridgehead atoms. The van der Waals surface area contributed by atoms with Crippen LogP contribution in [0.5, 0.6) is 11.5 Å². The molecule has 0 radical (unpaired) electrons. The van der Waals surface area contributed by atoms with Crippen LogP contribution in [0.1, 0.15) is 36.1 Å². The third kappa shape index (κ3) is 4.05. The number of sulfone groups is 1. The highest BCUT2D eigenvalue weighted by atomic mass is 32.2. The van der Waals surface area contributed by atoms with E-state index in [9.17, 15) is 26.4 Å². The quantitative estimate of drug-likeness (QED) is 0.688. The predicted octanol–water partition coefficient (Wildman–Crippen LogP) is 3.99. The molecule has 2 aromatic rings. The number of alkyl halides is 2. The summed E-state index contributed by atoms with van der Waals surface area (Å²) < 4.78 is 77.8. The first-order valence-corrected chi connectivity index (χ1v) is 10.1. The van der Waals surface area contributed by atoms with Crippen LogP contribution in [0.3, 0.4) is 0 Å². The molecule has 10 heteroatoms. The molecule has 1 aliphatic rings. The van der Waals surface area contributed by atoms with Crippen LogP contribution in [0.2, 0.25) is 0 Å². The molecule has 152 valence electrons. The summed E-state index contributed by atoms with van der Waals surface area (Å²) in [5, 5.41) is 8.93. The first kappa shape index (κ1) is 20.7. The van der Waals surface area contributed by atoms with E-state index in [-0.39, 0.29) is 16.9 Å². The molecule has 0 spiro atoms. The molecule has 29 heavy (non-hydrogen) atoms. The summed E-state index contributed by atoms with van der Waals surface area (Å²) in [6, 6.07) is 6.79. The van der Waals surface area contributed by atoms with Crippen molar-refractivity contribution in [2.75, 3.05) is 6.26 Å². The van der Waals surface area contributed by atoms with E-state index in [1.165, 1.54) is 0 Å². The minimum atomic E-state index is -3.94. The van der Waals surface area contributed by atoms with E-state index in [4.69, 9.17) is 14.7 Å². The van der Waals surface area contributed by atoms with Gasteiger partial charge in [0.05, 0.1) is 28.5 Å². The van der Waals surface area contributed by atoms with Gasteiger partial charge in [-0.1, -0.05) is 0 Å². The zero-order valence-electron chi connectivity index (χ0n) is 15.2. The third-order valence-corrected chi connectivity index (χ3v) is 5.39. The average Bonchev–Trinajstić information content (AvgIpc) is 2.84. The van der Waals surface area contributed by atoms with Crippen molar-refractivity contribution in [1.82, 2.24) is 0 Å². The first-order valence-electron chi connectivity index (χ1n) is 8.23. The number of hydrogen-bond donors (Lipinski definition) is 0. The minimum absolute atomic E-state index is 0.0889. The van der Waals surface area contributed by atoms with Crippen molar-refractivity contribution in [3.63, 3.8) is 0 Å². The molecular formula is C19H14F3NO5S. The van der Waals surface area contributed by atoms with Gasteiger partial charge in [0, 0.05) is 24.8 Å². The molecule has 3 rings (SSSR count). The number of fused-ring (bicyclic) bond motifs is 1. The number of rotatable bonds is 4. The zero-order valence-corrected chi connectivity index (χ0v) is 16.0. The summed E-state index contributed by atoms with van der Waals surface area (Å²) in [6.07, 6.45) is -1.61. The lowest BCUT2D eigenvalue weighted by atomic mass is 10.1. The first-order chi connectivity index (χ1) is 13.4. The lowest BCUT2D eigenvalue weighted by Crippen LogP contribution is -2.11. The molecule has 0 N–H and O–H groups in total. The topological polar surface area (TPSA) is 93.5 Å². The van der Waals surface area contributed by atoms with Crippen LogP contribution >= 0.6 is 0 Å². The summed E-state index contributed by atoms with van der Waals surface area (Å²) >= 11 is 0. The van der Waals surface area contributed by atoms with Crippen molar-refractivity contribution in [2.24, 2.45) is 0 Å². The standard InChI is InChI=1S/C19H14F3NO5S/c1-10(24)27-15-8-19(21,22)18-14(3-4-16(17(15)18)29(2,25)26)28-13-6-11(9-23)5-12(20)7-13/h3-7,15H,8H2,1-2H3/t15-/m1/s1. The highest BCUT2D eigenvalue weighted by Crippen LogP contribution is 2.55. The molecule has 1 atom stereocenters. The Morgan fingerprint density at radius 3 is 2.55 bits per heavy atom. The second kappa shape index (κ2) is 7.08. The Labute approximate surface area is 164 Å². The van der Waals surface area contributed by atoms with E-state index in [0.29, 0.717) is 0 Å².